The molecule has 3 radical (unpaired) electrons. The van der Waals surface area contributed by atoms with Gasteiger partial charge in [-0.3, -0.25) is 0 Å². The molecule has 0 bridgehead atoms. The molecule has 8 heavy (non-hydrogen) atoms. The second-order valence-corrected chi connectivity index (χ2v) is 2.27. The van der Waals surface area contributed by atoms with Crippen molar-refractivity contribution in [1.82, 2.24) is 4.90 Å². The van der Waals surface area contributed by atoms with Gasteiger partial charge in [0.2, 0.25) is 0 Å². The Morgan fingerprint density at radius 3 is 2.25 bits per heavy atom. The van der Waals surface area contributed by atoms with Crippen LogP contribution in [0.1, 0.15) is 0 Å². The number of rotatable bonds is 1. The summed E-state index contributed by atoms with van der Waals surface area (Å²) in [5, 5.41) is 0. The van der Waals surface area contributed by atoms with E-state index in [9.17, 15) is 4.79 Å². The minimum absolute atomic E-state index is 0.0347. The van der Waals surface area contributed by atoms with Crippen LogP contribution >= 0.6 is 0 Å². The molecule has 0 aliphatic rings. The number of carbonyl (C=O) groups excluding carboxylic acids is 1. The Morgan fingerprint density at radius 1 is 1.62 bits per heavy atom. The van der Waals surface area contributed by atoms with Crippen LogP contribution in [0.25, 0.3) is 0 Å². The first-order valence-electron chi connectivity index (χ1n) is 2.23. The van der Waals surface area contributed by atoms with Crippen molar-refractivity contribution in [3.05, 3.63) is 11.0 Å². The molecule has 0 aromatic rings. The van der Waals surface area contributed by atoms with Gasteiger partial charge in [-0.25, -0.2) is 0 Å². The standard InChI is InChI=1S/C5H8GeNO/c1-7(2)5(8)3-4-6/h3-4H,1-2H3/b4-3-. The third-order valence-corrected chi connectivity index (χ3v) is 1.02. The predicted octanol–water partition coefficient (Wildman–Crippen LogP) is -0.243. The fourth-order valence-electron chi connectivity index (χ4n) is 0.220. The van der Waals surface area contributed by atoms with Crippen molar-refractivity contribution in [1.29, 1.82) is 0 Å². The van der Waals surface area contributed by atoms with Gasteiger partial charge < -0.3 is 0 Å². The molecule has 43 valence electrons. The molecule has 0 N–H and O–H groups in total. The average Bonchev–Trinajstić information content (AvgIpc) is 1.67. The normalized spacial score (nSPS) is 9.88. The van der Waals surface area contributed by atoms with Crippen LogP contribution in [0.3, 0.4) is 0 Å². The fourth-order valence-corrected chi connectivity index (χ4v) is 0.519. The Morgan fingerprint density at radius 2 is 2.12 bits per heavy atom. The van der Waals surface area contributed by atoms with Crippen LogP contribution in [0.4, 0.5) is 0 Å². The van der Waals surface area contributed by atoms with E-state index in [1.54, 1.807) is 19.0 Å². The van der Waals surface area contributed by atoms with Crippen LogP contribution in [0.2, 0.25) is 0 Å². The first-order chi connectivity index (χ1) is 3.68. The Hall–Kier alpha value is -0.247. The molecule has 0 heterocycles. The second-order valence-electron chi connectivity index (χ2n) is 1.57. The van der Waals surface area contributed by atoms with Gasteiger partial charge in [-0.05, 0) is 0 Å². The van der Waals surface area contributed by atoms with Crippen LogP contribution in [-0.2, 0) is 4.79 Å². The predicted molar refractivity (Wildman–Crippen MR) is 33.6 cm³/mol. The summed E-state index contributed by atoms with van der Waals surface area (Å²) < 4.78 is 0. The van der Waals surface area contributed by atoms with Gasteiger partial charge >= 0.3 is 57.2 Å². The number of hydrogen-bond acceptors (Lipinski definition) is 1. The first kappa shape index (κ1) is 7.75. The van der Waals surface area contributed by atoms with Crippen LogP contribution in [-0.4, -0.2) is 41.4 Å². The molecule has 0 spiro atoms. The third-order valence-electron chi connectivity index (χ3n) is 0.667. The van der Waals surface area contributed by atoms with Crippen molar-refractivity contribution < 1.29 is 4.79 Å². The summed E-state index contributed by atoms with van der Waals surface area (Å²) in [7, 11) is 3.45. The Bertz CT molecular complexity index is 109. The van der Waals surface area contributed by atoms with Crippen molar-refractivity contribution in [2.45, 2.75) is 0 Å². The van der Waals surface area contributed by atoms with E-state index in [4.69, 9.17) is 0 Å². The molecule has 0 fully saturated rings. The van der Waals surface area contributed by atoms with Crippen molar-refractivity contribution in [2.24, 2.45) is 0 Å². The Balaban J connectivity index is 3.66. The fraction of sp³-hybridized carbons (Fsp3) is 0.400. The van der Waals surface area contributed by atoms with Gasteiger partial charge in [0.1, 0.15) is 0 Å². The number of carbonyl (C=O) groups is 1. The molecule has 3 heteroatoms. The molecule has 0 aromatic heterocycles. The number of nitrogens with zero attached hydrogens (tertiary/aromatic N) is 1. The first-order valence-corrected chi connectivity index (χ1v) is 3.44. The minimum atomic E-state index is 0.0347. The van der Waals surface area contributed by atoms with Gasteiger partial charge in [0, 0.05) is 0 Å². The summed E-state index contributed by atoms with van der Waals surface area (Å²) in [4.78, 5) is 13.8. The van der Waals surface area contributed by atoms with Gasteiger partial charge in [-0.15, -0.1) is 0 Å². The topological polar surface area (TPSA) is 20.3 Å². The van der Waals surface area contributed by atoms with Gasteiger partial charge in [-0.2, -0.15) is 0 Å². The summed E-state index contributed by atoms with van der Waals surface area (Å²) in [6, 6.07) is 0. The molecular weight excluding hydrogens is 163 g/mol. The zero-order chi connectivity index (χ0) is 6.57. The third kappa shape index (κ3) is 2.85. The van der Waals surface area contributed by atoms with Crippen LogP contribution in [0.5, 0.6) is 0 Å². The van der Waals surface area contributed by atoms with Crippen LogP contribution in [0, 0.1) is 0 Å². The quantitative estimate of drug-likeness (QED) is 0.393. The summed E-state index contributed by atoms with van der Waals surface area (Å²) in [5.41, 5.74) is 0. The van der Waals surface area contributed by atoms with Gasteiger partial charge in [0.25, 0.3) is 0 Å². The molecule has 0 saturated carbocycles. The van der Waals surface area contributed by atoms with Crippen molar-refractivity contribution in [3.8, 4) is 0 Å². The molecular formula is C5H8GeNO. The molecule has 0 aromatic carbocycles. The Labute approximate surface area is 57.8 Å². The van der Waals surface area contributed by atoms with Crippen LogP contribution in [0.15, 0.2) is 11.0 Å². The summed E-state index contributed by atoms with van der Waals surface area (Å²) in [6.45, 7) is 0. The van der Waals surface area contributed by atoms with E-state index in [-0.39, 0.29) is 5.91 Å². The van der Waals surface area contributed by atoms with Crippen molar-refractivity contribution in [3.63, 3.8) is 0 Å². The zero-order valence-corrected chi connectivity index (χ0v) is 7.11. The van der Waals surface area contributed by atoms with E-state index < -0.39 is 0 Å². The Kier molecular flexibility index (Phi) is 3.60. The molecule has 0 saturated heterocycles. The molecule has 1 amide bonds. The molecule has 0 aliphatic heterocycles. The summed E-state index contributed by atoms with van der Waals surface area (Å²) in [5.74, 6) is 0.0347. The summed E-state index contributed by atoms with van der Waals surface area (Å²) in [6.07, 6.45) is 1.53. The van der Waals surface area contributed by atoms with Gasteiger partial charge in [0.15, 0.2) is 0 Å². The van der Waals surface area contributed by atoms with E-state index in [0.29, 0.717) is 0 Å². The molecule has 2 nitrogen and oxygen atoms in total. The number of amides is 1. The molecule has 0 atom stereocenters. The maximum atomic E-state index is 10.6. The number of hydrogen-bond donors (Lipinski definition) is 0. The van der Waals surface area contributed by atoms with E-state index in [0.717, 1.165) is 0 Å². The number of likely N-dealkylation sites (N-methyl/N-ethyl adjacent to an activating group) is 1. The SMILES string of the molecule is CN(C)C(=O)/C=[CH]\[Ge]. The van der Waals surface area contributed by atoms with Crippen molar-refractivity contribution in [2.75, 3.05) is 14.1 Å². The monoisotopic (exact) mass is 172 g/mol. The zero-order valence-electron chi connectivity index (χ0n) is 5.01. The van der Waals surface area contributed by atoms with Gasteiger partial charge in [-0.1, -0.05) is 0 Å². The summed E-state index contributed by atoms with van der Waals surface area (Å²) >= 11 is 1.82. The van der Waals surface area contributed by atoms with E-state index >= 15 is 0 Å². The van der Waals surface area contributed by atoms with Crippen molar-refractivity contribution >= 4 is 22.4 Å². The molecule has 0 unspecified atom stereocenters. The van der Waals surface area contributed by atoms with Crippen LogP contribution < -0.4 is 0 Å². The van der Waals surface area contributed by atoms with E-state index in [1.807, 2.05) is 16.5 Å². The maximum absolute atomic E-state index is 10.6. The average molecular weight is 171 g/mol. The van der Waals surface area contributed by atoms with E-state index in [1.165, 1.54) is 11.0 Å². The van der Waals surface area contributed by atoms with E-state index in [2.05, 4.69) is 0 Å². The molecule has 0 rings (SSSR count). The molecule has 0 aliphatic carbocycles. The second kappa shape index (κ2) is 3.72. The van der Waals surface area contributed by atoms with Gasteiger partial charge in [0.05, 0.1) is 0 Å².